The Morgan fingerprint density at radius 3 is 2.60 bits per heavy atom. The zero-order chi connectivity index (χ0) is 22.0. The minimum Gasteiger partial charge on any atom is -0.350 e. The van der Waals surface area contributed by atoms with Crippen LogP contribution >= 0.6 is 39.1 Å². The quantitative estimate of drug-likeness (QED) is 0.614. The van der Waals surface area contributed by atoms with Gasteiger partial charge in [-0.15, -0.1) is 5.10 Å². The van der Waals surface area contributed by atoms with E-state index in [0.29, 0.717) is 32.5 Å². The number of nitrogens with zero attached hydrogens (tertiary/aromatic N) is 3. The maximum absolute atomic E-state index is 13.2. The fourth-order valence-electron chi connectivity index (χ4n) is 2.95. The van der Waals surface area contributed by atoms with Crippen molar-refractivity contribution in [3.8, 4) is 0 Å². The minimum absolute atomic E-state index is 0.0681. The third-order valence-corrected chi connectivity index (χ3v) is 5.01. The van der Waals surface area contributed by atoms with Crippen LogP contribution in [0.25, 0.3) is 0 Å². The molecule has 1 aromatic carbocycles. The van der Waals surface area contributed by atoms with Gasteiger partial charge in [-0.25, -0.2) is 0 Å². The summed E-state index contributed by atoms with van der Waals surface area (Å²) in [6.45, 7) is 5.98. The van der Waals surface area contributed by atoms with Crippen molar-refractivity contribution in [2.45, 2.75) is 26.8 Å². The summed E-state index contributed by atoms with van der Waals surface area (Å²) in [5.41, 5.74) is 1.61. The van der Waals surface area contributed by atoms with Gasteiger partial charge in [-0.3, -0.25) is 14.6 Å². The molecule has 2 aromatic rings. The van der Waals surface area contributed by atoms with Crippen LogP contribution in [-0.4, -0.2) is 34.3 Å². The molecule has 0 unspecified atom stereocenters. The number of hydrogen-bond donors (Lipinski definition) is 2. The van der Waals surface area contributed by atoms with Crippen molar-refractivity contribution in [3.63, 3.8) is 0 Å². The normalized spacial score (nSPS) is 13.4. The molecular weight excluding hydrogens is 493 g/mol. The zero-order valence-electron chi connectivity index (χ0n) is 16.5. The van der Waals surface area contributed by atoms with Crippen LogP contribution in [0.4, 0.5) is 5.69 Å². The Balaban J connectivity index is 1.96. The number of rotatable bonds is 5. The lowest BCUT2D eigenvalue weighted by Crippen LogP contribution is -2.36. The van der Waals surface area contributed by atoms with Crippen LogP contribution in [0.2, 0.25) is 5.02 Å². The first-order valence-corrected chi connectivity index (χ1v) is 10.7. The SMILES string of the molecule is Cc1cc(Cl)cc(C(=O)NC(C)C)c1NC(=O)c1cc(Br)nn1N1C=C(Cl)C=CC1. The molecule has 1 aliphatic heterocycles. The number of carbonyl (C=O) groups excluding carboxylic acids is 2. The Bertz CT molecular complexity index is 1060. The second kappa shape index (κ2) is 9.24. The number of halogens is 3. The number of carbonyl (C=O) groups is 2. The minimum atomic E-state index is -0.434. The van der Waals surface area contributed by atoms with Crippen molar-refractivity contribution in [2.75, 3.05) is 16.9 Å². The highest BCUT2D eigenvalue weighted by atomic mass is 79.9. The molecule has 0 saturated carbocycles. The molecule has 2 amide bonds. The van der Waals surface area contributed by atoms with E-state index < -0.39 is 5.91 Å². The second-order valence-electron chi connectivity index (χ2n) is 7.01. The van der Waals surface area contributed by atoms with Gasteiger partial charge in [0.1, 0.15) is 4.60 Å². The summed E-state index contributed by atoms with van der Waals surface area (Å²) >= 11 is 15.6. The lowest BCUT2D eigenvalue weighted by Gasteiger charge is -2.23. The van der Waals surface area contributed by atoms with Crippen LogP contribution in [0.15, 0.2) is 46.2 Å². The van der Waals surface area contributed by atoms with E-state index in [9.17, 15) is 9.59 Å². The summed E-state index contributed by atoms with van der Waals surface area (Å²) < 4.78 is 0.484. The summed E-state index contributed by atoms with van der Waals surface area (Å²) in [5.74, 6) is -0.757. The van der Waals surface area contributed by atoms with Crippen molar-refractivity contribution in [2.24, 2.45) is 0 Å². The number of anilines is 1. The molecule has 0 fully saturated rings. The van der Waals surface area contributed by atoms with Crippen LogP contribution in [0.3, 0.4) is 0 Å². The molecule has 158 valence electrons. The maximum Gasteiger partial charge on any atom is 0.276 e. The fraction of sp³-hybridized carbons (Fsp3) is 0.250. The molecule has 0 atom stereocenters. The van der Waals surface area contributed by atoms with Crippen LogP contribution in [-0.2, 0) is 0 Å². The van der Waals surface area contributed by atoms with E-state index in [0.717, 1.165) is 0 Å². The van der Waals surface area contributed by atoms with Crippen LogP contribution in [0.1, 0.15) is 40.3 Å². The molecule has 0 aliphatic carbocycles. The van der Waals surface area contributed by atoms with E-state index in [1.54, 1.807) is 36.3 Å². The molecule has 2 N–H and O–H groups in total. The van der Waals surface area contributed by atoms with Gasteiger partial charge >= 0.3 is 0 Å². The lowest BCUT2D eigenvalue weighted by molar-refractivity contribution is 0.0944. The van der Waals surface area contributed by atoms with Gasteiger partial charge in [-0.2, -0.15) is 4.79 Å². The van der Waals surface area contributed by atoms with E-state index in [-0.39, 0.29) is 23.2 Å². The smallest absolute Gasteiger partial charge is 0.276 e. The third-order valence-electron chi connectivity index (χ3n) is 4.18. The van der Waals surface area contributed by atoms with Crippen molar-refractivity contribution in [1.29, 1.82) is 0 Å². The highest BCUT2D eigenvalue weighted by Crippen LogP contribution is 2.27. The van der Waals surface area contributed by atoms with Crippen molar-refractivity contribution < 1.29 is 9.59 Å². The zero-order valence-corrected chi connectivity index (χ0v) is 19.6. The number of nitrogens with one attached hydrogen (secondary N) is 2. The number of benzene rings is 1. The molecule has 0 radical (unpaired) electrons. The summed E-state index contributed by atoms with van der Waals surface area (Å²) in [4.78, 5) is 27.3. The first kappa shape index (κ1) is 22.4. The van der Waals surface area contributed by atoms with Crippen LogP contribution < -0.4 is 15.6 Å². The second-order valence-corrected chi connectivity index (χ2v) is 8.69. The number of amides is 2. The fourth-order valence-corrected chi connectivity index (χ4v) is 3.79. The monoisotopic (exact) mass is 511 g/mol. The van der Waals surface area contributed by atoms with Gasteiger partial charge in [0.2, 0.25) is 0 Å². The Morgan fingerprint density at radius 1 is 1.20 bits per heavy atom. The van der Waals surface area contributed by atoms with E-state index in [2.05, 4.69) is 31.7 Å². The van der Waals surface area contributed by atoms with Gasteiger partial charge < -0.3 is 10.6 Å². The van der Waals surface area contributed by atoms with Crippen LogP contribution in [0.5, 0.6) is 0 Å². The molecule has 0 saturated heterocycles. The van der Waals surface area contributed by atoms with Crippen molar-refractivity contribution >= 4 is 56.6 Å². The van der Waals surface area contributed by atoms with Crippen molar-refractivity contribution in [3.05, 3.63) is 68.0 Å². The first-order valence-electron chi connectivity index (χ1n) is 9.14. The average molecular weight is 513 g/mol. The summed E-state index contributed by atoms with van der Waals surface area (Å²) in [6, 6.07) is 4.75. The molecule has 0 spiro atoms. The van der Waals surface area contributed by atoms with Gasteiger partial charge in [0, 0.05) is 23.3 Å². The Kier molecular flexibility index (Phi) is 6.90. The summed E-state index contributed by atoms with van der Waals surface area (Å²) in [5, 5.41) is 12.6. The van der Waals surface area contributed by atoms with Gasteiger partial charge in [0.05, 0.1) is 22.8 Å². The average Bonchev–Trinajstić information content (AvgIpc) is 3.05. The Labute approximate surface area is 192 Å². The van der Waals surface area contributed by atoms with Crippen LogP contribution in [0, 0.1) is 6.92 Å². The molecule has 10 heteroatoms. The predicted molar refractivity (Wildman–Crippen MR) is 123 cm³/mol. The molecular formula is C20H20BrCl2N5O2. The maximum atomic E-state index is 13.2. The predicted octanol–water partition coefficient (Wildman–Crippen LogP) is 4.59. The van der Waals surface area contributed by atoms with Crippen molar-refractivity contribution in [1.82, 2.24) is 15.2 Å². The molecule has 30 heavy (non-hydrogen) atoms. The van der Waals surface area contributed by atoms with E-state index >= 15 is 0 Å². The molecule has 1 aliphatic rings. The highest BCUT2D eigenvalue weighted by molar-refractivity contribution is 9.10. The number of aromatic nitrogens is 2. The summed E-state index contributed by atoms with van der Waals surface area (Å²) in [7, 11) is 0. The molecule has 0 bridgehead atoms. The highest BCUT2D eigenvalue weighted by Gasteiger charge is 2.23. The number of aryl methyl sites for hydroxylation is 1. The number of hydrogen-bond acceptors (Lipinski definition) is 4. The topological polar surface area (TPSA) is 79.3 Å². The third kappa shape index (κ3) is 5.06. The van der Waals surface area contributed by atoms with Gasteiger partial charge in [0.25, 0.3) is 11.8 Å². The van der Waals surface area contributed by atoms with E-state index in [1.165, 1.54) is 10.9 Å². The Morgan fingerprint density at radius 2 is 1.93 bits per heavy atom. The van der Waals surface area contributed by atoms with Gasteiger partial charge in [-0.05, 0) is 60.5 Å². The Hall–Kier alpha value is -2.29. The molecule has 3 rings (SSSR count). The first-order chi connectivity index (χ1) is 14.2. The molecule has 2 heterocycles. The van der Waals surface area contributed by atoms with E-state index in [1.807, 2.05) is 19.9 Å². The molecule has 7 nitrogen and oxygen atoms in total. The van der Waals surface area contributed by atoms with E-state index in [4.69, 9.17) is 23.2 Å². The largest absolute Gasteiger partial charge is 0.350 e. The number of allylic oxidation sites excluding steroid dienone is 2. The van der Waals surface area contributed by atoms with Gasteiger partial charge in [0.15, 0.2) is 5.69 Å². The summed E-state index contributed by atoms with van der Waals surface area (Å²) in [6.07, 6.45) is 5.30. The molecule has 1 aromatic heterocycles. The standard InChI is InChI=1S/C20H20BrCl2N5O2/c1-11(2)24-19(29)15-8-14(23)7-12(3)18(15)25-20(30)16-9-17(21)26-28(16)27-6-4-5-13(22)10-27/h4-5,7-11H,6H2,1-3H3,(H,24,29)(H,25,30). The van der Waals surface area contributed by atoms with Gasteiger partial charge in [-0.1, -0.05) is 29.3 Å². The lowest BCUT2D eigenvalue weighted by atomic mass is 10.1.